The summed E-state index contributed by atoms with van der Waals surface area (Å²) in [7, 11) is -1.08. The van der Waals surface area contributed by atoms with Gasteiger partial charge in [-0.25, -0.2) is 0 Å². The van der Waals surface area contributed by atoms with Gasteiger partial charge in [0.1, 0.15) is 11.4 Å². The molecular formula is C18H32O2Si. The Labute approximate surface area is 131 Å². The first kappa shape index (κ1) is 15.6. The second-order valence-electron chi connectivity index (χ2n) is 8.56. The summed E-state index contributed by atoms with van der Waals surface area (Å²) in [5.74, 6) is 0.951. The fourth-order valence-electron chi connectivity index (χ4n) is 4.11. The molecule has 1 aliphatic heterocycles. The van der Waals surface area contributed by atoms with E-state index in [2.05, 4.69) is 25.7 Å². The molecule has 2 spiro atoms. The second kappa shape index (κ2) is 5.73. The molecule has 0 atom stereocenters. The Morgan fingerprint density at radius 3 is 2.05 bits per heavy atom. The Balaban J connectivity index is 1.84. The van der Waals surface area contributed by atoms with E-state index in [1.165, 1.54) is 63.2 Å². The van der Waals surface area contributed by atoms with Gasteiger partial charge in [-0.15, -0.1) is 0 Å². The Morgan fingerprint density at radius 1 is 0.905 bits per heavy atom. The van der Waals surface area contributed by atoms with E-state index < -0.39 is 8.07 Å². The van der Waals surface area contributed by atoms with Gasteiger partial charge < -0.3 is 9.47 Å². The molecule has 0 N–H and O–H groups in total. The molecule has 120 valence electrons. The first-order chi connectivity index (χ1) is 9.93. The maximum Gasteiger partial charge on any atom is 0.211 e. The van der Waals surface area contributed by atoms with Crippen LogP contribution in [0.3, 0.4) is 0 Å². The van der Waals surface area contributed by atoms with Crippen molar-refractivity contribution in [1.29, 1.82) is 0 Å². The monoisotopic (exact) mass is 308 g/mol. The predicted molar refractivity (Wildman–Crippen MR) is 90.0 cm³/mol. The van der Waals surface area contributed by atoms with E-state index in [-0.39, 0.29) is 11.4 Å². The van der Waals surface area contributed by atoms with Crippen molar-refractivity contribution in [3.05, 3.63) is 11.8 Å². The molecule has 0 aromatic carbocycles. The van der Waals surface area contributed by atoms with Crippen LogP contribution in [-0.2, 0) is 9.47 Å². The van der Waals surface area contributed by atoms with Crippen molar-refractivity contribution >= 4 is 8.07 Å². The van der Waals surface area contributed by atoms with Crippen LogP contribution in [0.25, 0.3) is 0 Å². The van der Waals surface area contributed by atoms with Crippen molar-refractivity contribution in [3.8, 4) is 0 Å². The summed E-state index contributed by atoms with van der Waals surface area (Å²) in [6, 6.07) is 1.21. The van der Waals surface area contributed by atoms with Crippen LogP contribution >= 0.6 is 0 Å². The summed E-state index contributed by atoms with van der Waals surface area (Å²) in [4.78, 5) is 0. The number of rotatable bonds is 2. The van der Waals surface area contributed by atoms with Crippen LogP contribution in [0.4, 0.5) is 0 Å². The maximum atomic E-state index is 6.72. The summed E-state index contributed by atoms with van der Waals surface area (Å²) >= 11 is 0. The summed E-state index contributed by atoms with van der Waals surface area (Å²) in [6.07, 6.45) is 14.8. The van der Waals surface area contributed by atoms with Gasteiger partial charge in [0.25, 0.3) is 0 Å². The zero-order chi connectivity index (χ0) is 15.0. The molecule has 3 fully saturated rings. The van der Waals surface area contributed by atoms with Gasteiger partial charge in [-0.1, -0.05) is 45.3 Å². The van der Waals surface area contributed by atoms with Crippen LogP contribution in [0.15, 0.2) is 11.8 Å². The van der Waals surface area contributed by atoms with Gasteiger partial charge in [0, 0.05) is 20.9 Å². The molecule has 1 saturated heterocycles. The number of allylic oxidation sites excluding steroid dienone is 1. The van der Waals surface area contributed by atoms with Crippen molar-refractivity contribution in [1.82, 2.24) is 0 Å². The Bertz CT molecular complexity index is 396. The fourth-order valence-corrected chi connectivity index (χ4v) is 4.91. The standard InChI is InChI=1S/C18H32O2Si/c1-21(2,3)15-10-16-17(11-6-4-7-12-17)20-18(19-16)13-8-5-9-14-18/h10H,4-9,11-15H2,1-3H3/b16-10-. The minimum absolute atomic E-state index is 0.0603. The van der Waals surface area contributed by atoms with Crippen LogP contribution in [0, 0.1) is 0 Å². The summed E-state index contributed by atoms with van der Waals surface area (Å²) in [6.45, 7) is 7.30. The zero-order valence-corrected chi connectivity index (χ0v) is 15.2. The molecule has 0 unspecified atom stereocenters. The third-order valence-corrected chi connectivity index (χ3v) is 6.73. The highest BCUT2D eigenvalue weighted by atomic mass is 28.3. The first-order valence-corrected chi connectivity index (χ1v) is 12.7. The lowest BCUT2D eigenvalue weighted by molar-refractivity contribution is -0.207. The van der Waals surface area contributed by atoms with Crippen LogP contribution in [0.5, 0.6) is 0 Å². The minimum Gasteiger partial charge on any atom is -0.464 e. The lowest BCUT2D eigenvalue weighted by Gasteiger charge is -2.35. The summed E-state index contributed by atoms with van der Waals surface area (Å²) in [5, 5.41) is 0. The van der Waals surface area contributed by atoms with Crippen molar-refractivity contribution in [2.45, 2.75) is 101 Å². The van der Waals surface area contributed by atoms with E-state index >= 15 is 0 Å². The van der Waals surface area contributed by atoms with Crippen LogP contribution in [-0.4, -0.2) is 19.5 Å². The quantitative estimate of drug-likeness (QED) is 0.616. The minimum atomic E-state index is -1.08. The largest absolute Gasteiger partial charge is 0.464 e. The molecule has 0 amide bonds. The maximum absolute atomic E-state index is 6.72. The third kappa shape index (κ3) is 3.39. The first-order valence-electron chi connectivity index (χ1n) is 9.03. The highest BCUT2D eigenvalue weighted by molar-refractivity contribution is 6.76. The van der Waals surface area contributed by atoms with Crippen LogP contribution in [0.2, 0.25) is 25.7 Å². The third-order valence-electron chi connectivity index (χ3n) is 5.30. The lowest BCUT2D eigenvalue weighted by atomic mass is 9.83. The molecule has 3 heteroatoms. The molecule has 1 heterocycles. The second-order valence-corrected chi connectivity index (χ2v) is 14.1. The van der Waals surface area contributed by atoms with Gasteiger partial charge in [-0.3, -0.25) is 0 Å². The highest BCUT2D eigenvalue weighted by Crippen LogP contribution is 2.52. The molecule has 2 aliphatic carbocycles. The van der Waals surface area contributed by atoms with E-state index in [4.69, 9.17) is 9.47 Å². The van der Waals surface area contributed by atoms with Crippen molar-refractivity contribution in [2.75, 3.05) is 0 Å². The summed E-state index contributed by atoms with van der Waals surface area (Å²) < 4.78 is 13.3. The van der Waals surface area contributed by atoms with Crippen LogP contribution in [0.1, 0.15) is 64.2 Å². The summed E-state index contributed by atoms with van der Waals surface area (Å²) in [5.41, 5.74) is -0.0603. The number of hydrogen-bond donors (Lipinski definition) is 0. The van der Waals surface area contributed by atoms with Crippen molar-refractivity contribution in [3.63, 3.8) is 0 Å². The molecule has 0 aromatic rings. The molecule has 0 radical (unpaired) electrons. The molecule has 0 aromatic heterocycles. The highest BCUT2D eigenvalue weighted by Gasteiger charge is 2.54. The topological polar surface area (TPSA) is 18.5 Å². The van der Waals surface area contributed by atoms with E-state index in [1.54, 1.807) is 0 Å². The average Bonchev–Trinajstić information content (AvgIpc) is 2.71. The zero-order valence-electron chi connectivity index (χ0n) is 14.2. The van der Waals surface area contributed by atoms with E-state index in [9.17, 15) is 0 Å². The van der Waals surface area contributed by atoms with Crippen LogP contribution < -0.4 is 0 Å². The van der Waals surface area contributed by atoms with E-state index in [0.717, 1.165) is 12.8 Å². The predicted octanol–water partition coefficient (Wildman–Crippen LogP) is 5.62. The van der Waals surface area contributed by atoms with E-state index in [1.807, 2.05) is 0 Å². The molecule has 2 saturated carbocycles. The molecule has 3 rings (SSSR count). The SMILES string of the molecule is C[Si](C)(C)C/C=C1\OC2(CCCCC2)OC12CCCCC2. The fraction of sp³-hybridized carbons (Fsp3) is 0.889. The molecule has 2 nitrogen and oxygen atoms in total. The normalized spacial score (nSPS) is 30.0. The lowest BCUT2D eigenvalue weighted by Crippen LogP contribution is -2.39. The van der Waals surface area contributed by atoms with Gasteiger partial charge in [0.2, 0.25) is 5.79 Å². The van der Waals surface area contributed by atoms with Gasteiger partial charge in [-0.05, 0) is 37.8 Å². The molecule has 3 aliphatic rings. The van der Waals surface area contributed by atoms with Gasteiger partial charge in [0.05, 0.1) is 0 Å². The smallest absolute Gasteiger partial charge is 0.211 e. The molecular weight excluding hydrogens is 276 g/mol. The van der Waals surface area contributed by atoms with Crippen molar-refractivity contribution in [2.24, 2.45) is 0 Å². The number of ether oxygens (including phenoxy) is 2. The Morgan fingerprint density at radius 2 is 1.48 bits per heavy atom. The molecule has 21 heavy (non-hydrogen) atoms. The van der Waals surface area contributed by atoms with Gasteiger partial charge in [-0.2, -0.15) is 0 Å². The molecule has 0 bridgehead atoms. The Hall–Kier alpha value is -0.283. The van der Waals surface area contributed by atoms with Gasteiger partial charge in [0.15, 0.2) is 0 Å². The Kier molecular flexibility index (Phi) is 4.26. The van der Waals surface area contributed by atoms with E-state index in [0.29, 0.717) is 0 Å². The number of hydrogen-bond acceptors (Lipinski definition) is 2. The van der Waals surface area contributed by atoms with Crippen molar-refractivity contribution < 1.29 is 9.47 Å². The van der Waals surface area contributed by atoms with Gasteiger partial charge >= 0.3 is 0 Å². The average molecular weight is 309 g/mol.